The van der Waals surface area contributed by atoms with Gasteiger partial charge in [0.15, 0.2) is 0 Å². The molecular weight excluding hydrogens is 433 g/mol. The standard InChI is InChI=1S/C11H7ClIN3O4S/c12-9-3-2-8(16(17)18)5-10(9)21(19,20)15-11-4-1-7(13)6-14-11/h1-6H,(H,14,15). The molecule has 110 valence electrons. The average molecular weight is 440 g/mol. The lowest BCUT2D eigenvalue weighted by Crippen LogP contribution is -2.14. The molecule has 2 rings (SSSR count). The first-order chi connectivity index (χ1) is 9.79. The average Bonchev–Trinajstić information content (AvgIpc) is 2.41. The van der Waals surface area contributed by atoms with E-state index in [9.17, 15) is 18.5 Å². The van der Waals surface area contributed by atoms with Gasteiger partial charge >= 0.3 is 0 Å². The number of benzene rings is 1. The summed E-state index contributed by atoms with van der Waals surface area (Å²) in [5, 5.41) is 10.6. The Morgan fingerprint density at radius 3 is 2.57 bits per heavy atom. The summed E-state index contributed by atoms with van der Waals surface area (Å²) in [7, 11) is -4.06. The van der Waals surface area contributed by atoms with Crippen molar-refractivity contribution < 1.29 is 13.3 Å². The predicted octanol–water partition coefficient (Wildman–Crippen LogP) is 3.05. The molecule has 0 amide bonds. The molecule has 21 heavy (non-hydrogen) atoms. The lowest BCUT2D eigenvalue weighted by Gasteiger charge is -2.08. The van der Waals surface area contributed by atoms with E-state index in [1.54, 1.807) is 6.07 Å². The number of aromatic nitrogens is 1. The summed E-state index contributed by atoms with van der Waals surface area (Å²) in [6.07, 6.45) is 1.48. The fourth-order valence-electron chi connectivity index (χ4n) is 1.44. The number of hydrogen-bond acceptors (Lipinski definition) is 5. The maximum absolute atomic E-state index is 12.2. The lowest BCUT2D eigenvalue weighted by molar-refractivity contribution is -0.385. The summed E-state index contributed by atoms with van der Waals surface area (Å²) in [6.45, 7) is 0. The van der Waals surface area contributed by atoms with Crippen LogP contribution in [0.25, 0.3) is 0 Å². The van der Waals surface area contributed by atoms with Gasteiger partial charge in [-0.3, -0.25) is 14.8 Å². The Hall–Kier alpha value is -1.46. The van der Waals surface area contributed by atoms with Gasteiger partial charge in [-0.2, -0.15) is 0 Å². The van der Waals surface area contributed by atoms with Crippen LogP contribution >= 0.6 is 34.2 Å². The Balaban J connectivity index is 2.41. The molecule has 0 unspecified atom stereocenters. The molecule has 0 aliphatic carbocycles. The Morgan fingerprint density at radius 1 is 1.29 bits per heavy atom. The normalized spacial score (nSPS) is 11.1. The zero-order chi connectivity index (χ0) is 15.6. The minimum absolute atomic E-state index is 0.0954. The summed E-state index contributed by atoms with van der Waals surface area (Å²) >= 11 is 7.84. The van der Waals surface area contributed by atoms with Gasteiger partial charge < -0.3 is 0 Å². The molecule has 1 aromatic heterocycles. The predicted molar refractivity (Wildman–Crippen MR) is 85.9 cm³/mol. The highest BCUT2D eigenvalue weighted by Gasteiger charge is 2.22. The fraction of sp³-hybridized carbons (Fsp3) is 0. The molecule has 7 nitrogen and oxygen atoms in total. The van der Waals surface area contributed by atoms with Gasteiger partial charge in [-0.05, 0) is 40.8 Å². The first kappa shape index (κ1) is 15.9. The number of sulfonamides is 1. The number of rotatable bonds is 4. The van der Waals surface area contributed by atoms with Crippen molar-refractivity contribution in [1.82, 2.24) is 4.98 Å². The Morgan fingerprint density at radius 2 is 2.00 bits per heavy atom. The van der Waals surface area contributed by atoms with Gasteiger partial charge in [0, 0.05) is 21.9 Å². The van der Waals surface area contributed by atoms with Crippen molar-refractivity contribution in [3.63, 3.8) is 0 Å². The van der Waals surface area contributed by atoms with E-state index in [0.717, 1.165) is 21.8 Å². The van der Waals surface area contributed by atoms with Gasteiger partial charge in [-0.25, -0.2) is 13.4 Å². The molecular formula is C11H7ClIN3O4S. The van der Waals surface area contributed by atoms with Crippen molar-refractivity contribution in [1.29, 1.82) is 0 Å². The molecule has 1 heterocycles. The molecule has 0 saturated heterocycles. The molecule has 0 radical (unpaired) electrons. The first-order valence-corrected chi connectivity index (χ1v) is 8.32. The summed E-state index contributed by atoms with van der Waals surface area (Å²) < 4.78 is 27.5. The van der Waals surface area contributed by atoms with Crippen LogP contribution in [0.15, 0.2) is 41.4 Å². The highest BCUT2D eigenvalue weighted by Crippen LogP contribution is 2.27. The number of nitro groups is 1. The zero-order valence-electron chi connectivity index (χ0n) is 10.2. The third-order valence-corrected chi connectivity index (χ3v) is 4.86. The number of non-ortho nitro benzene ring substituents is 1. The van der Waals surface area contributed by atoms with Crippen LogP contribution in [0.3, 0.4) is 0 Å². The molecule has 0 aliphatic heterocycles. The van der Waals surface area contributed by atoms with Crippen LogP contribution in [-0.4, -0.2) is 18.3 Å². The zero-order valence-corrected chi connectivity index (χ0v) is 13.9. The number of halogens is 2. The van der Waals surface area contributed by atoms with E-state index in [1.165, 1.54) is 12.3 Å². The smallest absolute Gasteiger partial charge is 0.263 e. The molecule has 0 aliphatic rings. The number of nitrogens with zero attached hydrogens (tertiary/aromatic N) is 2. The second-order valence-electron chi connectivity index (χ2n) is 3.84. The van der Waals surface area contributed by atoms with Crippen LogP contribution in [-0.2, 0) is 10.0 Å². The molecule has 0 fully saturated rings. The van der Waals surface area contributed by atoms with E-state index >= 15 is 0 Å². The van der Waals surface area contributed by atoms with E-state index in [1.807, 2.05) is 22.6 Å². The first-order valence-electron chi connectivity index (χ1n) is 5.38. The van der Waals surface area contributed by atoms with Crippen LogP contribution in [0, 0.1) is 13.7 Å². The van der Waals surface area contributed by atoms with Gasteiger partial charge in [0.25, 0.3) is 15.7 Å². The van der Waals surface area contributed by atoms with E-state index < -0.39 is 14.9 Å². The summed E-state index contributed by atoms with van der Waals surface area (Å²) in [5.41, 5.74) is -0.365. The SMILES string of the molecule is O=[N+]([O-])c1ccc(Cl)c(S(=O)(=O)Nc2ccc(I)cn2)c1. The number of pyridine rings is 1. The highest BCUT2D eigenvalue weighted by atomic mass is 127. The molecule has 0 bridgehead atoms. The van der Waals surface area contributed by atoms with Gasteiger partial charge in [-0.15, -0.1) is 0 Å². The minimum atomic E-state index is -4.06. The lowest BCUT2D eigenvalue weighted by atomic mass is 10.3. The van der Waals surface area contributed by atoms with Crippen molar-refractivity contribution in [2.45, 2.75) is 4.90 Å². The van der Waals surface area contributed by atoms with Crippen LogP contribution in [0.5, 0.6) is 0 Å². The summed E-state index contributed by atoms with van der Waals surface area (Å²) in [6, 6.07) is 6.34. The molecule has 0 atom stereocenters. The number of nitrogens with one attached hydrogen (secondary N) is 1. The number of nitro benzene ring substituents is 1. The molecule has 1 N–H and O–H groups in total. The Labute approximate surface area is 138 Å². The van der Waals surface area contributed by atoms with E-state index in [4.69, 9.17) is 11.6 Å². The monoisotopic (exact) mass is 439 g/mol. The van der Waals surface area contributed by atoms with Gasteiger partial charge in [0.2, 0.25) is 0 Å². The Bertz CT molecular complexity index is 796. The van der Waals surface area contributed by atoms with Crippen molar-refractivity contribution in [2.75, 3.05) is 4.72 Å². The second kappa shape index (κ2) is 6.12. The van der Waals surface area contributed by atoms with Crippen LogP contribution in [0.4, 0.5) is 11.5 Å². The van der Waals surface area contributed by atoms with E-state index in [-0.39, 0.29) is 21.4 Å². The quantitative estimate of drug-likeness (QED) is 0.448. The van der Waals surface area contributed by atoms with Gasteiger partial charge in [-0.1, -0.05) is 11.6 Å². The number of hydrogen-bond donors (Lipinski definition) is 1. The fourth-order valence-corrected chi connectivity index (χ4v) is 3.29. The maximum atomic E-state index is 12.2. The topological polar surface area (TPSA) is 102 Å². The number of anilines is 1. The maximum Gasteiger partial charge on any atom is 0.270 e. The third kappa shape index (κ3) is 3.80. The van der Waals surface area contributed by atoms with Crippen molar-refractivity contribution in [2.24, 2.45) is 0 Å². The van der Waals surface area contributed by atoms with E-state index in [2.05, 4.69) is 9.71 Å². The largest absolute Gasteiger partial charge is 0.270 e. The highest BCUT2D eigenvalue weighted by molar-refractivity contribution is 14.1. The minimum Gasteiger partial charge on any atom is -0.263 e. The van der Waals surface area contributed by atoms with Crippen molar-refractivity contribution in [3.05, 3.63) is 55.2 Å². The molecule has 2 aromatic rings. The van der Waals surface area contributed by atoms with Crippen LogP contribution in [0.1, 0.15) is 0 Å². The van der Waals surface area contributed by atoms with Crippen molar-refractivity contribution in [3.8, 4) is 0 Å². The van der Waals surface area contributed by atoms with Crippen LogP contribution < -0.4 is 4.72 Å². The van der Waals surface area contributed by atoms with E-state index in [0.29, 0.717) is 0 Å². The molecule has 0 saturated carbocycles. The third-order valence-electron chi connectivity index (χ3n) is 2.38. The molecule has 1 aromatic carbocycles. The van der Waals surface area contributed by atoms with Crippen LogP contribution in [0.2, 0.25) is 5.02 Å². The van der Waals surface area contributed by atoms with Gasteiger partial charge in [0.05, 0.1) is 9.95 Å². The summed E-state index contributed by atoms with van der Waals surface area (Å²) in [4.78, 5) is 13.6. The molecule has 10 heteroatoms. The van der Waals surface area contributed by atoms with Crippen molar-refractivity contribution >= 4 is 55.7 Å². The Kier molecular flexibility index (Phi) is 4.64. The van der Waals surface area contributed by atoms with Gasteiger partial charge in [0.1, 0.15) is 10.7 Å². The molecule has 0 spiro atoms. The summed E-state index contributed by atoms with van der Waals surface area (Å²) in [5.74, 6) is 0.0954. The second-order valence-corrected chi connectivity index (χ2v) is 7.14.